The fraction of sp³-hybridized carbons (Fsp3) is 0.500. The van der Waals surface area contributed by atoms with Crippen molar-refractivity contribution < 1.29 is 9.53 Å². The second-order valence-corrected chi connectivity index (χ2v) is 7.14. The van der Waals surface area contributed by atoms with Crippen LogP contribution in [0.1, 0.15) is 49.3 Å². The summed E-state index contributed by atoms with van der Waals surface area (Å²) in [5, 5.41) is 2.98. The molecular weight excluding hydrogens is 328 g/mol. The molecule has 0 saturated carbocycles. The number of carbonyl (C=O) groups excluding carboxylic acids is 1. The van der Waals surface area contributed by atoms with Crippen molar-refractivity contribution in [1.82, 2.24) is 14.5 Å². The van der Waals surface area contributed by atoms with Crippen LogP contribution in [-0.2, 0) is 4.74 Å². The van der Waals surface area contributed by atoms with E-state index in [1.54, 1.807) is 0 Å². The quantitative estimate of drug-likeness (QED) is 0.909. The maximum atomic E-state index is 12.5. The zero-order valence-corrected chi connectivity index (χ0v) is 15.2. The standard InChI is InChI=1S/C20H26N4O2/c1-15-14-21-19(18-8-5-13-26-18)24(15)17-9-11-23(12-10-17)20(25)22-16-6-3-2-4-7-16/h2-4,6-7,14,17-18H,5,8-13H2,1H3,(H,22,25). The van der Waals surface area contributed by atoms with E-state index in [9.17, 15) is 4.79 Å². The molecule has 2 fully saturated rings. The molecule has 0 aliphatic carbocycles. The molecule has 1 unspecified atom stereocenters. The van der Waals surface area contributed by atoms with Crippen LogP contribution < -0.4 is 5.32 Å². The van der Waals surface area contributed by atoms with Gasteiger partial charge in [0.1, 0.15) is 11.9 Å². The van der Waals surface area contributed by atoms with E-state index in [0.717, 1.165) is 56.9 Å². The summed E-state index contributed by atoms with van der Waals surface area (Å²) in [4.78, 5) is 19.0. The first kappa shape index (κ1) is 17.1. The summed E-state index contributed by atoms with van der Waals surface area (Å²) in [5.41, 5.74) is 2.02. The molecule has 3 heterocycles. The molecule has 0 spiro atoms. The number of para-hydroxylation sites is 1. The Morgan fingerprint density at radius 1 is 1.19 bits per heavy atom. The highest BCUT2D eigenvalue weighted by molar-refractivity contribution is 5.89. The van der Waals surface area contributed by atoms with Crippen molar-refractivity contribution in [3.63, 3.8) is 0 Å². The van der Waals surface area contributed by atoms with E-state index in [0.29, 0.717) is 6.04 Å². The largest absolute Gasteiger partial charge is 0.370 e. The van der Waals surface area contributed by atoms with Crippen LogP contribution in [0.25, 0.3) is 0 Å². The van der Waals surface area contributed by atoms with E-state index in [-0.39, 0.29) is 12.1 Å². The third-order valence-electron chi connectivity index (χ3n) is 5.37. The van der Waals surface area contributed by atoms with Gasteiger partial charge < -0.3 is 19.5 Å². The van der Waals surface area contributed by atoms with Crippen molar-refractivity contribution in [2.45, 2.75) is 44.8 Å². The number of hydrogen-bond acceptors (Lipinski definition) is 3. The molecular formula is C20H26N4O2. The maximum absolute atomic E-state index is 12.5. The molecule has 26 heavy (non-hydrogen) atoms. The Balaban J connectivity index is 1.39. The lowest BCUT2D eigenvalue weighted by Crippen LogP contribution is -2.41. The number of imidazole rings is 1. The van der Waals surface area contributed by atoms with E-state index in [1.807, 2.05) is 41.4 Å². The van der Waals surface area contributed by atoms with Gasteiger partial charge in [0.25, 0.3) is 0 Å². The smallest absolute Gasteiger partial charge is 0.321 e. The van der Waals surface area contributed by atoms with Crippen molar-refractivity contribution in [3.05, 3.63) is 48.0 Å². The molecule has 6 nitrogen and oxygen atoms in total. The van der Waals surface area contributed by atoms with E-state index < -0.39 is 0 Å². The van der Waals surface area contributed by atoms with Crippen LogP contribution in [0.5, 0.6) is 0 Å². The summed E-state index contributed by atoms with van der Waals surface area (Å²) in [7, 11) is 0. The van der Waals surface area contributed by atoms with Crippen molar-refractivity contribution in [2.75, 3.05) is 25.0 Å². The lowest BCUT2D eigenvalue weighted by Gasteiger charge is -2.34. The minimum atomic E-state index is -0.0173. The van der Waals surface area contributed by atoms with Gasteiger partial charge in [-0.25, -0.2) is 9.78 Å². The molecule has 2 aromatic rings. The third kappa shape index (κ3) is 3.46. The fourth-order valence-electron chi connectivity index (χ4n) is 4.01. The minimum Gasteiger partial charge on any atom is -0.370 e. The Labute approximate surface area is 154 Å². The lowest BCUT2D eigenvalue weighted by molar-refractivity contribution is 0.0974. The van der Waals surface area contributed by atoms with Gasteiger partial charge >= 0.3 is 6.03 Å². The van der Waals surface area contributed by atoms with E-state index in [4.69, 9.17) is 4.74 Å². The minimum absolute atomic E-state index is 0.0173. The summed E-state index contributed by atoms with van der Waals surface area (Å²) in [6.45, 7) is 4.45. The van der Waals surface area contributed by atoms with E-state index in [1.165, 1.54) is 5.69 Å². The Morgan fingerprint density at radius 3 is 2.65 bits per heavy atom. The van der Waals surface area contributed by atoms with Gasteiger partial charge in [-0.05, 0) is 44.7 Å². The lowest BCUT2D eigenvalue weighted by atomic mass is 10.0. The van der Waals surface area contributed by atoms with Crippen LogP contribution >= 0.6 is 0 Å². The molecule has 4 rings (SSSR count). The average molecular weight is 354 g/mol. The molecule has 6 heteroatoms. The number of nitrogens with zero attached hydrogens (tertiary/aromatic N) is 3. The number of ether oxygens (including phenoxy) is 1. The van der Waals surface area contributed by atoms with Crippen LogP contribution in [0.15, 0.2) is 36.5 Å². The van der Waals surface area contributed by atoms with E-state index >= 15 is 0 Å². The Bertz CT molecular complexity index is 744. The first-order valence-corrected chi connectivity index (χ1v) is 9.48. The van der Waals surface area contributed by atoms with Crippen LogP contribution in [0.3, 0.4) is 0 Å². The van der Waals surface area contributed by atoms with Gasteiger partial charge in [-0.1, -0.05) is 18.2 Å². The summed E-state index contributed by atoms with van der Waals surface area (Å²) in [5.74, 6) is 1.06. The number of nitrogens with one attached hydrogen (secondary N) is 1. The first-order chi connectivity index (χ1) is 12.7. The Morgan fingerprint density at radius 2 is 1.96 bits per heavy atom. The predicted octanol–water partition coefficient (Wildman–Crippen LogP) is 3.91. The Kier molecular flexibility index (Phi) is 4.93. The number of anilines is 1. The topological polar surface area (TPSA) is 59.4 Å². The number of likely N-dealkylation sites (tertiary alicyclic amines) is 1. The van der Waals surface area contributed by atoms with E-state index in [2.05, 4.69) is 21.8 Å². The first-order valence-electron chi connectivity index (χ1n) is 9.48. The maximum Gasteiger partial charge on any atom is 0.321 e. The summed E-state index contributed by atoms with van der Waals surface area (Å²) >= 11 is 0. The van der Waals surface area contributed by atoms with Gasteiger partial charge in [0.05, 0.1) is 0 Å². The van der Waals surface area contributed by atoms with Crippen molar-refractivity contribution in [1.29, 1.82) is 0 Å². The van der Waals surface area contributed by atoms with Gasteiger partial charge in [-0.2, -0.15) is 0 Å². The molecule has 138 valence electrons. The van der Waals surface area contributed by atoms with Crippen LogP contribution in [0.4, 0.5) is 10.5 Å². The van der Waals surface area contributed by atoms with Crippen LogP contribution in [0, 0.1) is 6.92 Å². The number of aryl methyl sites for hydroxylation is 1. The van der Waals surface area contributed by atoms with Gasteiger partial charge in [-0.3, -0.25) is 0 Å². The monoisotopic (exact) mass is 354 g/mol. The highest BCUT2D eigenvalue weighted by atomic mass is 16.5. The Hall–Kier alpha value is -2.34. The van der Waals surface area contributed by atoms with Crippen molar-refractivity contribution >= 4 is 11.7 Å². The van der Waals surface area contributed by atoms with Gasteiger partial charge in [0.15, 0.2) is 0 Å². The second kappa shape index (κ2) is 7.50. The van der Waals surface area contributed by atoms with Crippen molar-refractivity contribution in [3.8, 4) is 0 Å². The third-order valence-corrected chi connectivity index (χ3v) is 5.37. The number of carbonyl (C=O) groups is 1. The molecule has 2 amide bonds. The molecule has 2 saturated heterocycles. The molecule has 1 atom stereocenters. The summed E-state index contributed by atoms with van der Waals surface area (Å²) < 4.78 is 8.20. The van der Waals surface area contributed by atoms with Gasteiger partial charge in [0.2, 0.25) is 0 Å². The SMILES string of the molecule is Cc1cnc(C2CCCO2)n1C1CCN(C(=O)Nc2ccccc2)CC1. The fourth-order valence-corrected chi connectivity index (χ4v) is 4.01. The number of aromatic nitrogens is 2. The highest BCUT2D eigenvalue weighted by Crippen LogP contribution is 2.33. The average Bonchev–Trinajstić information content (AvgIpc) is 3.32. The zero-order chi connectivity index (χ0) is 17.9. The van der Waals surface area contributed by atoms with Crippen LogP contribution in [-0.4, -0.2) is 40.2 Å². The molecule has 1 aromatic carbocycles. The van der Waals surface area contributed by atoms with Gasteiger partial charge in [-0.15, -0.1) is 0 Å². The number of amides is 2. The number of hydrogen-bond donors (Lipinski definition) is 1. The molecule has 1 aromatic heterocycles. The summed E-state index contributed by atoms with van der Waals surface area (Å²) in [6, 6.07) is 9.99. The number of urea groups is 1. The number of piperidine rings is 1. The summed E-state index contributed by atoms with van der Waals surface area (Å²) in [6.07, 6.45) is 6.12. The van der Waals surface area contributed by atoms with Crippen LogP contribution in [0.2, 0.25) is 0 Å². The predicted molar refractivity (Wildman–Crippen MR) is 100 cm³/mol. The van der Waals surface area contributed by atoms with Crippen molar-refractivity contribution in [2.24, 2.45) is 0 Å². The number of rotatable bonds is 3. The van der Waals surface area contributed by atoms with Gasteiger partial charge in [0, 0.05) is 43.3 Å². The number of benzene rings is 1. The molecule has 2 aliphatic heterocycles. The molecule has 1 N–H and O–H groups in total. The molecule has 2 aliphatic rings. The zero-order valence-electron chi connectivity index (χ0n) is 15.2. The normalized spacial score (nSPS) is 21.1. The second-order valence-electron chi connectivity index (χ2n) is 7.14. The molecule has 0 radical (unpaired) electrons. The highest BCUT2D eigenvalue weighted by Gasteiger charge is 2.30. The molecule has 0 bridgehead atoms.